The highest BCUT2D eigenvalue weighted by atomic mass is 19.4. The molecule has 0 atom stereocenters. The van der Waals surface area contributed by atoms with Gasteiger partial charge in [0.05, 0.1) is 11.3 Å². The summed E-state index contributed by atoms with van der Waals surface area (Å²) in [7, 11) is 0. The molecule has 2 aromatic carbocycles. The molecule has 4 aromatic rings. The lowest BCUT2D eigenvalue weighted by Crippen LogP contribution is -2.08. The van der Waals surface area contributed by atoms with E-state index in [1.54, 1.807) is 24.3 Å². The van der Waals surface area contributed by atoms with Crippen molar-refractivity contribution in [3.05, 3.63) is 69.8 Å². The molecule has 4 nitrogen and oxygen atoms in total. The lowest BCUT2D eigenvalue weighted by atomic mass is 10.1. The van der Waals surface area contributed by atoms with Crippen LogP contribution >= 0.6 is 0 Å². The highest BCUT2D eigenvalue weighted by Gasteiger charge is 2.32. The van der Waals surface area contributed by atoms with Crippen molar-refractivity contribution in [3.63, 3.8) is 0 Å². The highest BCUT2D eigenvalue weighted by molar-refractivity contribution is 6.01. The second-order valence-corrected chi connectivity index (χ2v) is 7.29. The Morgan fingerprint density at radius 2 is 1.72 bits per heavy atom. The largest absolute Gasteiger partial charge is 0.458 e. The van der Waals surface area contributed by atoms with Crippen LogP contribution in [0.1, 0.15) is 36.7 Å². The Balaban J connectivity index is 1.89. The normalized spacial score (nSPS) is 12.2. The molecular formula is C22H18F3NO3. The Hall–Kier alpha value is -3.22. The van der Waals surface area contributed by atoms with Crippen LogP contribution < -0.4 is 10.9 Å². The lowest BCUT2D eigenvalue weighted by molar-refractivity contribution is -0.138. The minimum Gasteiger partial charge on any atom is -0.458 e. The zero-order chi connectivity index (χ0) is 20.9. The maximum atomic E-state index is 13.3. The van der Waals surface area contributed by atoms with Gasteiger partial charge >= 0.3 is 11.8 Å². The first-order valence-corrected chi connectivity index (χ1v) is 9.08. The minimum atomic E-state index is -4.44. The molecular weight excluding hydrogens is 383 g/mol. The molecule has 0 aliphatic heterocycles. The molecule has 1 N–H and O–H groups in total. The van der Waals surface area contributed by atoms with Gasteiger partial charge in [0.2, 0.25) is 0 Å². The zero-order valence-electron chi connectivity index (χ0n) is 16.0. The number of hydrogen-bond acceptors (Lipinski definition) is 4. The van der Waals surface area contributed by atoms with E-state index in [4.69, 9.17) is 8.83 Å². The maximum Gasteiger partial charge on any atom is 0.416 e. The molecule has 2 heterocycles. The first kappa shape index (κ1) is 19.1. The van der Waals surface area contributed by atoms with Gasteiger partial charge < -0.3 is 14.2 Å². The zero-order valence-corrected chi connectivity index (χ0v) is 16.0. The summed E-state index contributed by atoms with van der Waals surface area (Å²) in [6.07, 6.45) is -4.44. The number of rotatable bonds is 3. The Kier molecular flexibility index (Phi) is 4.41. The van der Waals surface area contributed by atoms with Gasteiger partial charge in [-0.25, -0.2) is 4.79 Å². The van der Waals surface area contributed by atoms with Crippen LogP contribution in [-0.4, -0.2) is 0 Å². The van der Waals surface area contributed by atoms with Crippen LogP contribution in [0, 0.1) is 6.92 Å². The van der Waals surface area contributed by atoms with Gasteiger partial charge in [0.15, 0.2) is 0 Å². The fraction of sp³-hybridized carbons (Fsp3) is 0.227. The molecule has 0 saturated heterocycles. The Labute approximate surface area is 163 Å². The Morgan fingerprint density at radius 1 is 0.966 bits per heavy atom. The van der Waals surface area contributed by atoms with Crippen molar-refractivity contribution in [2.24, 2.45) is 0 Å². The van der Waals surface area contributed by atoms with Gasteiger partial charge in [-0.1, -0.05) is 19.9 Å². The van der Waals surface area contributed by atoms with Gasteiger partial charge in [-0.15, -0.1) is 0 Å². The summed E-state index contributed by atoms with van der Waals surface area (Å²) in [5, 5.41) is 4.50. The second-order valence-electron chi connectivity index (χ2n) is 7.29. The third-order valence-electron chi connectivity index (χ3n) is 4.79. The third-order valence-corrected chi connectivity index (χ3v) is 4.79. The molecule has 2 aromatic heterocycles. The van der Waals surface area contributed by atoms with Crippen molar-refractivity contribution in [2.75, 3.05) is 5.32 Å². The monoisotopic (exact) mass is 401 g/mol. The van der Waals surface area contributed by atoms with Crippen LogP contribution in [0.25, 0.3) is 21.9 Å². The van der Waals surface area contributed by atoms with Crippen molar-refractivity contribution >= 4 is 33.3 Å². The second kappa shape index (κ2) is 6.69. The van der Waals surface area contributed by atoms with Gasteiger partial charge in [-0.05, 0) is 36.8 Å². The van der Waals surface area contributed by atoms with E-state index in [1.165, 1.54) is 19.1 Å². The van der Waals surface area contributed by atoms with Crippen molar-refractivity contribution in [1.29, 1.82) is 0 Å². The summed E-state index contributed by atoms with van der Waals surface area (Å²) in [5.74, 6) is 0.583. The van der Waals surface area contributed by atoms with Crippen molar-refractivity contribution < 1.29 is 22.0 Å². The molecule has 0 unspecified atom stereocenters. The molecule has 0 bridgehead atoms. The van der Waals surface area contributed by atoms with E-state index < -0.39 is 17.4 Å². The number of fused-ring (bicyclic) bond motifs is 2. The van der Waals surface area contributed by atoms with E-state index in [-0.39, 0.29) is 11.5 Å². The van der Waals surface area contributed by atoms with Crippen LogP contribution in [0.15, 0.2) is 56.1 Å². The van der Waals surface area contributed by atoms with Crippen molar-refractivity contribution in [3.8, 4) is 0 Å². The summed E-state index contributed by atoms with van der Waals surface area (Å²) in [5.41, 5.74) is 0.785. The van der Waals surface area contributed by atoms with Gasteiger partial charge in [-0.2, -0.15) is 13.2 Å². The van der Waals surface area contributed by atoms with E-state index in [0.717, 1.165) is 6.07 Å². The summed E-state index contributed by atoms with van der Waals surface area (Å²) in [6.45, 7) is 5.29. The Bertz CT molecular complexity index is 1280. The Morgan fingerprint density at radius 3 is 2.41 bits per heavy atom. The van der Waals surface area contributed by atoms with E-state index in [9.17, 15) is 18.0 Å². The maximum absolute atomic E-state index is 13.3. The molecule has 29 heavy (non-hydrogen) atoms. The number of nitrogens with one attached hydrogen (secondary N) is 1. The van der Waals surface area contributed by atoms with Crippen molar-refractivity contribution in [1.82, 2.24) is 0 Å². The molecule has 0 amide bonds. The predicted octanol–water partition coefficient (Wildman–Crippen LogP) is 6.73. The summed E-state index contributed by atoms with van der Waals surface area (Å²) in [4.78, 5) is 11.5. The molecule has 0 spiro atoms. The van der Waals surface area contributed by atoms with E-state index in [0.29, 0.717) is 39.1 Å². The van der Waals surface area contributed by atoms with Crippen molar-refractivity contribution in [2.45, 2.75) is 32.9 Å². The van der Waals surface area contributed by atoms with Crippen LogP contribution in [-0.2, 0) is 6.18 Å². The van der Waals surface area contributed by atoms with Gasteiger partial charge in [-0.3, -0.25) is 0 Å². The third kappa shape index (κ3) is 3.48. The standard InChI is InChI=1S/C22H18F3NO3/c1-11(2)21-20(26-14-6-4-12(3)16(9-14)22(23,24)25)15-8-13-5-7-19(27)28-17(13)10-18(15)29-21/h4-11,26H,1-3H3. The quantitative estimate of drug-likeness (QED) is 0.387. The molecule has 150 valence electrons. The number of benzene rings is 2. The topological polar surface area (TPSA) is 55.4 Å². The van der Waals surface area contributed by atoms with E-state index in [2.05, 4.69) is 5.32 Å². The van der Waals surface area contributed by atoms with Gasteiger partial charge in [0.1, 0.15) is 16.9 Å². The van der Waals surface area contributed by atoms with Crippen LogP contribution in [0.4, 0.5) is 24.5 Å². The highest BCUT2D eigenvalue weighted by Crippen LogP contribution is 2.40. The molecule has 0 aliphatic carbocycles. The summed E-state index contributed by atoms with van der Waals surface area (Å²) < 4.78 is 51.0. The van der Waals surface area contributed by atoms with E-state index in [1.807, 2.05) is 13.8 Å². The van der Waals surface area contributed by atoms with E-state index >= 15 is 0 Å². The lowest BCUT2D eigenvalue weighted by Gasteiger charge is -2.14. The fourth-order valence-corrected chi connectivity index (χ4v) is 3.36. The molecule has 0 aliphatic rings. The number of halogens is 3. The summed E-state index contributed by atoms with van der Waals surface area (Å²) >= 11 is 0. The summed E-state index contributed by atoms with van der Waals surface area (Å²) in [6, 6.07) is 10.5. The van der Waals surface area contributed by atoms with Crippen LogP contribution in [0.5, 0.6) is 0 Å². The average Bonchev–Trinajstić information content (AvgIpc) is 2.98. The van der Waals surface area contributed by atoms with Crippen LogP contribution in [0.2, 0.25) is 0 Å². The van der Waals surface area contributed by atoms with Gasteiger partial charge in [0, 0.05) is 34.5 Å². The molecule has 0 fully saturated rings. The minimum absolute atomic E-state index is 0.0208. The first-order chi connectivity index (χ1) is 13.6. The van der Waals surface area contributed by atoms with Gasteiger partial charge in [0.25, 0.3) is 0 Å². The molecule has 0 saturated carbocycles. The first-order valence-electron chi connectivity index (χ1n) is 9.08. The average molecular weight is 401 g/mol. The SMILES string of the molecule is Cc1ccc(Nc2c(C(C)C)oc3cc4oc(=O)ccc4cc23)cc1C(F)(F)F. The molecule has 7 heteroatoms. The molecule has 4 rings (SSSR count). The number of anilines is 2. The number of alkyl halides is 3. The fourth-order valence-electron chi connectivity index (χ4n) is 3.36. The number of hydrogen-bond donors (Lipinski definition) is 1. The number of furan rings is 1. The number of aryl methyl sites for hydroxylation is 1. The van der Waals surface area contributed by atoms with Crippen LogP contribution in [0.3, 0.4) is 0 Å². The predicted molar refractivity (Wildman–Crippen MR) is 106 cm³/mol. The smallest absolute Gasteiger partial charge is 0.416 e. The molecule has 0 radical (unpaired) electrons.